The van der Waals surface area contributed by atoms with Crippen molar-refractivity contribution in [2.45, 2.75) is 32.9 Å². The SMILES string of the molecule is CCOC(C)(C)CNCc1ccc(OC)cc1OC. The minimum absolute atomic E-state index is 0.158. The highest BCUT2D eigenvalue weighted by Gasteiger charge is 2.17. The van der Waals surface area contributed by atoms with Crippen LogP contribution < -0.4 is 14.8 Å². The van der Waals surface area contributed by atoms with E-state index in [0.29, 0.717) is 0 Å². The van der Waals surface area contributed by atoms with Crippen molar-refractivity contribution >= 4 is 0 Å². The van der Waals surface area contributed by atoms with Crippen LogP contribution in [0.2, 0.25) is 0 Å². The van der Waals surface area contributed by atoms with E-state index in [0.717, 1.165) is 36.8 Å². The molecule has 0 unspecified atom stereocenters. The minimum atomic E-state index is -0.158. The monoisotopic (exact) mass is 267 g/mol. The molecule has 1 aromatic rings. The second-order valence-corrected chi connectivity index (χ2v) is 4.97. The molecule has 0 saturated heterocycles. The summed E-state index contributed by atoms with van der Waals surface area (Å²) in [6, 6.07) is 5.84. The third-order valence-electron chi connectivity index (χ3n) is 2.90. The van der Waals surface area contributed by atoms with Crippen molar-refractivity contribution in [2.24, 2.45) is 0 Å². The van der Waals surface area contributed by atoms with Gasteiger partial charge in [0.05, 0.1) is 19.8 Å². The molecule has 1 rings (SSSR count). The van der Waals surface area contributed by atoms with Gasteiger partial charge in [0.25, 0.3) is 0 Å². The van der Waals surface area contributed by atoms with Gasteiger partial charge in [-0.3, -0.25) is 0 Å². The summed E-state index contributed by atoms with van der Waals surface area (Å²) >= 11 is 0. The normalized spacial score (nSPS) is 11.4. The summed E-state index contributed by atoms with van der Waals surface area (Å²) in [4.78, 5) is 0. The Morgan fingerprint density at radius 2 is 1.89 bits per heavy atom. The van der Waals surface area contributed by atoms with Gasteiger partial charge in [-0.2, -0.15) is 0 Å². The molecule has 0 radical (unpaired) electrons. The molecule has 0 aliphatic rings. The van der Waals surface area contributed by atoms with E-state index in [1.165, 1.54) is 0 Å². The first kappa shape index (κ1) is 15.8. The molecular weight excluding hydrogens is 242 g/mol. The Bertz CT molecular complexity index is 391. The zero-order valence-electron chi connectivity index (χ0n) is 12.6. The second kappa shape index (κ2) is 7.36. The zero-order valence-corrected chi connectivity index (χ0v) is 12.6. The molecule has 0 aromatic heterocycles. The fourth-order valence-corrected chi connectivity index (χ4v) is 1.94. The number of nitrogens with one attached hydrogen (secondary N) is 1. The molecule has 0 saturated carbocycles. The van der Waals surface area contributed by atoms with Crippen LogP contribution in [0.4, 0.5) is 0 Å². The van der Waals surface area contributed by atoms with Crippen LogP contribution in [0.5, 0.6) is 11.5 Å². The largest absolute Gasteiger partial charge is 0.497 e. The summed E-state index contributed by atoms with van der Waals surface area (Å²) in [7, 11) is 3.32. The first-order valence-electron chi connectivity index (χ1n) is 6.58. The second-order valence-electron chi connectivity index (χ2n) is 4.97. The van der Waals surface area contributed by atoms with E-state index in [2.05, 4.69) is 19.2 Å². The van der Waals surface area contributed by atoms with Crippen molar-refractivity contribution in [3.05, 3.63) is 23.8 Å². The third-order valence-corrected chi connectivity index (χ3v) is 2.90. The van der Waals surface area contributed by atoms with Gasteiger partial charge in [-0.15, -0.1) is 0 Å². The average molecular weight is 267 g/mol. The van der Waals surface area contributed by atoms with Crippen molar-refractivity contribution in [3.63, 3.8) is 0 Å². The van der Waals surface area contributed by atoms with E-state index in [1.54, 1.807) is 14.2 Å². The quantitative estimate of drug-likeness (QED) is 0.786. The molecule has 0 spiro atoms. The topological polar surface area (TPSA) is 39.7 Å². The van der Waals surface area contributed by atoms with Gasteiger partial charge >= 0.3 is 0 Å². The lowest BCUT2D eigenvalue weighted by Gasteiger charge is -2.25. The minimum Gasteiger partial charge on any atom is -0.497 e. The van der Waals surface area contributed by atoms with Gasteiger partial charge in [0.2, 0.25) is 0 Å². The Morgan fingerprint density at radius 1 is 1.16 bits per heavy atom. The summed E-state index contributed by atoms with van der Waals surface area (Å²) in [5.41, 5.74) is 0.949. The number of rotatable bonds is 8. The van der Waals surface area contributed by atoms with E-state index in [4.69, 9.17) is 14.2 Å². The Labute approximate surface area is 116 Å². The molecule has 0 heterocycles. The number of benzene rings is 1. The van der Waals surface area contributed by atoms with E-state index in [-0.39, 0.29) is 5.60 Å². The summed E-state index contributed by atoms with van der Waals surface area (Å²) in [5.74, 6) is 1.64. The van der Waals surface area contributed by atoms with Gasteiger partial charge in [-0.1, -0.05) is 6.07 Å². The summed E-state index contributed by atoms with van der Waals surface area (Å²) < 4.78 is 16.2. The number of methoxy groups -OCH3 is 2. The van der Waals surface area contributed by atoms with Crippen LogP contribution in [0.3, 0.4) is 0 Å². The Morgan fingerprint density at radius 3 is 2.47 bits per heavy atom. The van der Waals surface area contributed by atoms with Gasteiger partial charge in [-0.05, 0) is 26.8 Å². The summed E-state index contributed by atoms with van der Waals surface area (Å²) in [6.45, 7) is 8.41. The van der Waals surface area contributed by atoms with Crippen LogP contribution >= 0.6 is 0 Å². The maximum Gasteiger partial charge on any atom is 0.127 e. The van der Waals surface area contributed by atoms with Gasteiger partial charge in [0, 0.05) is 31.3 Å². The first-order valence-corrected chi connectivity index (χ1v) is 6.58. The smallest absolute Gasteiger partial charge is 0.127 e. The molecule has 108 valence electrons. The fourth-order valence-electron chi connectivity index (χ4n) is 1.94. The molecule has 1 aromatic carbocycles. The maximum atomic E-state index is 5.65. The van der Waals surface area contributed by atoms with E-state index >= 15 is 0 Å². The Balaban J connectivity index is 2.58. The van der Waals surface area contributed by atoms with Gasteiger partial charge < -0.3 is 19.5 Å². The molecule has 4 heteroatoms. The predicted molar refractivity (Wildman–Crippen MR) is 77.0 cm³/mol. The van der Waals surface area contributed by atoms with Crippen molar-refractivity contribution in [2.75, 3.05) is 27.4 Å². The van der Waals surface area contributed by atoms with Crippen LogP contribution in [0.25, 0.3) is 0 Å². The average Bonchev–Trinajstić information content (AvgIpc) is 2.38. The number of hydrogen-bond acceptors (Lipinski definition) is 4. The van der Waals surface area contributed by atoms with Crippen LogP contribution in [0.1, 0.15) is 26.3 Å². The van der Waals surface area contributed by atoms with Crippen molar-refractivity contribution in [1.29, 1.82) is 0 Å². The van der Waals surface area contributed by atoms with Crippen molar-refractivity contribution in [1.82, 2.24) is 5.32 Å². The molecule has 0 aliphatic heterocycles. The highest BCUT2D eigenvalue weighted by atomic mass is 16.5. The van der Waals surface area contributed by atoms with Gasteiger partial charge in [0.15, 0.2) is 0 Å². The van der Waals surface area contributed by atoms with Crippen LogP contribution in [-0.2, 0) is 11.3 Å². The molecule has 0 atom stereocenters. The van der Waals surface area contributed by atoms with Crippen molar-refractivity contribution in [3.8, 4) is 11.5 Å². The first-order chi connectivity index (χ1) is 9.02. The Kier molecular flexibility index (Phi) is 6.12. The molecular formula is C15H25NO3. The molecule has 0 bridgehead atoms. The van der Waals surface area contributed by atoms with Crippen LogP contribution in [-0.4, -0.2) is 33.0 Å². The lowest BCUT2D eigenvalue weighted by atomic mass is 10.1. The van der Waals surface area contributed by atoms with E-state index in [1.807, 2.05) is 25.1 Å². The number of hydrogen-bond donors (Lipinski definition) is 1. The standard InChI is InChI=1S/C15H25NO3/c1-6-19-15(2,3)11-16-10-12-7-8-13(17-4)9-14(12)18-5/h7-9,16H,6,10-11H2,1-5H3. The molecule has 1 N–H and O–H groups in total. The molecule has 0 amide bonds. The van der Waals surface area contributed by atoms with Gasteiger partial charge in [-0.25, -0.2) is 0 Å². The summed E-state index contributed by atoms with van der Waals surface area (Å²) in [5, 5.41) is 3.39. The molecule has 0 fully saturated rings. The fraction of sp³-hybridized carbons (Fsp3) is 0.600. The highest BCUT2D eigenvalue weighted by Crippen LogP contribution is 2.24. The molecule has 0 aliphatic carbocycles. The maximum absolute atomic E-state index is 5.65. The van der Waals surface area contributed by atoms with E-state index < -0.39 is 0 Å². The predicted octanol–water partition coefficient (Wildman–Crippen LogP) is 2.61. The van der Waals surface area contributed by atoms with E-state index in [9.17, 15) is 0 Å². The van der Waals surface area contributed by atoms with Gasteiger partial charge in [0.1, 0.15) is 11.5 Å². The molecule has 4 nitrogen and oxygen atoms in total. The Hall–Kier alpha value is -1.26. The van der Waals surface area contributed by atoms with Crippen LogP contribution in [0.15, 0.2) is 18.2 Å². The lowest BCUT2D eigenvalue weighted by molar-refractivity contribution is -0.00900. The number of ether oxygens (including phenoxy) is 3. The summed E-state index contributed by atoms with van der Waals surface area (Å²) in [6.07, 6.45) is 0. The highest BCUT2D eigenvalue weighted by molar-refractivity contribution is 5.40. The third kappa shape index (κ3) is 5.09. The molecule has 19 heavy (non-hydrogen) atoms. The lowest BCUT2D eigenvalue weighted by Crippen LogP contribution is -2.37. The zero-order chi connectivity index (χ0) is 14.3. The van der Waals surface area contributed by atoms with Crippen molar-refractivity contribution < 1.29 is 14.2 Å². The van der Waals surface area contributed by atoms with Crippen LogP contribution in [0, 0.1) is 0 Å².